The zero-order chi connectivity index (χ0) is 48.6. The maximum absolute atomic E-state index is 12.8. The predicted octanol–water partition coefficient (Wildman–Crippen LogP) is 18.8. The van der Waals surface area contributed by atoms with Crippen LogP contribution >= 0.6 is 0 Å². The van der Waals surface area contributed by atoms with Crippen LogP contribution in [0.3, 0.4) is 0 Å². The Kier molecular flexibility index (Phi) is 52.4. The molecule has 0 aliphatic rings. The zero-order valence-corrected chi connectivity index (χ0v) is 43.9. The summed E-state index contributed by atoms with van der Waals surface area (Å²) in [5.74, 6) is -0.910. The molecule has 6 heteroatoms. The van der Waals surface area contributed by atoms with E-state index >= 15 is 0 Å². The summed E-state index contributed by atoms with van der Waals surface area (Å²) in [6.45, 7) is 6.48. The molecule has 0 aliphatic heterocycles. The fraction of sp³-hybridized carbons (Fsp3) is 0.721. The first-order valence-corrected chi connectivity index (χ1v) is 28.1. The van der Waals surface area contributed by atoms with Crippen molar-refractivity contribution in [1.29, 1.82) is 0 Å². The van der Waals surface area contributed by atoms with E-state index in [2.05, 4.69) is 106 Å². The van der Waals surface area contributed by atoms with Crippen LogP contribution in [-0.2, 0) is 28.6 Å². The van der Waals surface area contributed by atoms with Crippen LogP contribution in [0.5, 0.6) is 0 Å². The van der Waals surface area contributed by atoms with Gasteiger partial charge in [0.1, 0.15) is 13.2 Å². The van der Waals surface area contributed by atoms with Crippen LogP contribution in [0.15, 0.2) is 85.1 Å². The third-order valence-electron chi connectivity index (χ3n) is 11.9. The largest absolute Gasteiger partial charge is 0.462 e. The van der Waals surface area contributed by atoms with E-state index in [0.29, 0.717) is 19.3 Å². The molecule has 0 radical (unpaired) electrons. The smallest absolute Gasteiger partial charge is 0.306 e. The molecule has 0 saturated heterocycles. The van der Waals surface area contributed by atoms with Gasteiger partial charge in [0.25, 0.3) is 0 Å². The molecule has 0 heterocycles. The van der Waals surface area contributed by atoms with Gasteiger partial charge in [-0.1, -0.05) is 234 Å². The Bertz CT molecular complexity index is 1300. The summed E-state index contributed by atoms with van der Waals surface area (Å²) in [6, 6.07) is 0. The van der Waals surface area contributed by atoms with Crippen LogP contribution in [0.4, 0.5) is 0 Å². The van der Waals surface area contributed by atoms with E-state index in [1.54, 1.807) is 0 Å². The third-order valence-corrected chi connectivity index (χ3v) is 11.9. The quantitative estimate of drug-likeness (QED) is 0.0262. The van der Waals surface area contributed by atoms with Crippen molar-refractivity contribution in [1.82, 2.24) is 0 Å². The van der Waals surface area contributed by atoms with Gasteiger partial charge in [-0.2, -0.15) is 0 Å². The molecule has 1 atom stereocenters. The van der Waals surface area contributed by atoms with Crippen LogP contribution in [-0.4, -0.2) is 37.2 Å². The maximum Gasteiger partial charge on any atom is 0.306 e. The summed E-state index contributed by atoms with van der Waals surface area (Å²) in [4.78, 5) is 38.1. The Morgan fingerprint density at radius 2 is 0.582 bits per heavy atom. The molecule has 67 heavy (non-hydrogen) atoms. The normalized spacial score (nSPS) is 12.7. The summed E-state index contributed by atoms with van der Waals surface area (Å²) in [6.07, 6.45) is 71.4. The van der Waals surface area contributed by atoms with Crippen LogP contribution in [0.25, 0.3) is 0 Å². The van der Waals surface area contributed by atoms with E-state index in [4.69, 9.17) is 14.2 Å². The number of carbonyl (C=O) groups excluding carboxylic acids is 3. The summed E-state index contributed by atoms with van der Waals surface area (Å²) in [5, 5.41) is 0. The van der Waals surface area contributed by atoms with Crippen molar-refractivity contribution < 1.29 is 28.6 Å². The van der Waals surface area contributed by atoms with E-state index in [1.807, 2.05) is 0 Å². The van der Waals surface area contributed by atoms with Crippen LogP contribution in [0.1, 0.15) is 265 Å². The second-order valence-corrected chi connectivity index (χ2v) is 18.5. The van der Waals surface area contributed by atoms with Crippen LogP contribution in [0.2, 0.25) is 0 Å². The Hall–Kier alpha value is -3.41. The topological polar surface area (TPSA) is 78.9 Å². The molecule has 0 N–H and O–H groups in total. The molecule has 0 fully saturated rings. The van der Waals surface area contributed by atoms with E-state index < -0.39 is 6.10 Å². The van der Waals surface area contributed by atoms with Crippen molar-refractivity contribution in [3.8, 4) is 0 Å². The van der Waals surface area contributed by atoms with Crippen molar-refractivity contribution in [3.05, 3.63) is 85.1 Å². The minimum absolute atomic E-state index is 0.0848. The lowest BCUT2D eigenvalue weighted by molar-refractivity contribution is -0.167. The first kappa shape index (κ1) is 63.6. The van der Waals surface area contributed by atoms with Gasteiger partial charge in [-0.25, -0.2) is 0 Å². The number of hydrogen-bond acceptors (Lipinski definition) is 6. The zero-order valence-electron chi connectivity index (χ0n) is 43.9. The molecular formula is C61H104O6. The van der Waals surface area contributed by atoms with Gasteiger partial charge in [-0.05, 0) is 96.3 Å². The van der Waals surface area contributed by atoms with Gasteiger partial charge in [0, 0.05) is 19.3 Å². The van der Waals surface area contributed by atoms with Gasteiger partial charge < -0.3 is 14.2 Å². The average Bonchev–Trinajstić information content (AvgIpc) is 3.33. The lowest BCUT2D eigenvalue weighted by Crippen LogP contribution is -2.30. The van der Waals surface area contributed by atoms with Gasteiger partial charge in [0.15, 0.2) is 6.10 Å². The second-order valence-electron chi connectivity index (χ2n) is 18.5. The first-order valence-electron chi connectivity index (χ1n) is 28.1. The van der Waals surface area contributed by atoms with E-state index in [0.717, 1.165) is 122 Å². The van der Waals surface area contributed by atoms with Gasteiger partial charge in [-0.15, -0.1) is 0 Å². The molecule has 384 valence electrons. The molecule has 0 aliphatic carbocycles. The molecule has 0 bridgehead atoms. The SMILES string of the molecule is CC/C=C\C/C=C\C/C=C\C/C=C\C/C=C\CCCCCCCC(=O)OCC(COC(=O)CCCCCCCCCCCC)OC(=O)CCCCCCCCC/C=C\C/C=C\CCCCCC. The average molecular weight is 933 g/mol. The summed E-state index contributed by atoms with van der Waals surface area (Å²) in [7, 11) is 0. The van der Waals surface area contributed by atoms with Crippen LogP contribution in [0, 0.1) is 0 Å². The second kappa shape index (κ2) is 55.2. The fourth-order valence-corrected chi connectivity index (χ4v) is 7.68. The lowest BCUT2D eigenvalue weighted by Gasteiger charge is -2.18. The van der Waals surface area contributed by atoms with Gasteiger partial charge >= 0.3 is 17.9 Å². The summed E-state index contributed by atoms with van der Waals surface area (Å²) < 4.78 is 16.8. The molecule has 0 rings (SSSR count). The van der Waals surface area contributed by atoms with E-state index in [1.165, 1.54) is 103 Å². The monoisotopic (exact) mass is 933 g/mol. The first-order chi connectivity index (χ1) is 33.0. The highest BCUT2D eigenvalue weighted by molar-refractivity contribution is 5.71. The Morgan fingerprint density at radius 1 is 0.313 bits per heavy atom. The highest BCUT2D eigenvalue weighted by atomic mass is 16.6. The third kappa shape index (κ3) is 53.4. The molecule has 0 aromatic carbocycles. The molecular weight excluding hydrogens is 829 g/mol. The standard InChI is InChI=1S/C61H104O6/c1-4-7-10-13-16-19-22-24-26-28-30-31-32-34-35-37-39-42-45-48-51-54-60(63)66-57-58(56-65-59(62)53-50-47-44-41-21-18-15-12-9-6-3)67-61(64)55-52-49-46-43-40-38-36-33-29-27-25-23-20-17-14-11-8-5-2/h7,10,16,19-20,23-24,26-27,29-31,34-35,58H,4-6,8-9,11-15,17-18,21-22,25,28,32-33,36-57H2,1-3H3/b10-7-,19-16-,23-20-,26-24-,29-27-,31-30-,35-34-. The Labute approximate surface area is 414 Å². The minimum Gasteiger partial charge on any atom is -0.462 e. The number of rotatable bonds is 50. The molecule has 0 saturated carbocycles. The van der Waals surface area contributed by atoms with Crippen molar-refractivity contribution in [2.75, 3.05) is 13.2 Å². The number of hydrogen-bond donors (Lipinski definition) is 0. The number of carbonyl (C=O) groups is 3. The van der Waals surface area contributed by atoms with E-state index in [9.17, 15) is 14.4 Å². The Balaban J connectivity index is 4.37. The molecule has 1 unspecified atom stereocenters. The highest BCUT2D eigenvalue weighted by Crippen LogP contribution is 2.15. The number of allylic oxidation sites excluding steroid dienone is 14. The molecule has 0 aromatic heterocycles. The summed E-state index contributed by atoms with van der Waals surface area (Å²) >= 11 is 0. The number of ether oxygens (including phenoxy) is 3. The Morgan fingerprint density at radius 3 is 0.925 bits per heavy atom. The van der Waals surface area contributed by atoms with Crippen molar-refractivity contribution in [2.24, 2.45) is 0 Å². The van der Waals surface area contributed by atoms with Gasteiger partial charge in [0.05, 0.1) is 0 Å². The predicted molar refractivity (Wildman–Crippen MR) is 288 cm³/mol. The van der Waals surface area contributed by atoms with Crippen LogP contribution < -0.4 is 0 Å². The lowest BCUT2D eigenvalue weighted by atomic mass is 10.1. The minimum atomic E-state index is -0.787. The van der Waals surface area contributed by atoms with E-state index in [-0.39, 0.29) is 31.1 Å². The van der Waals surface area contributed by atoms with Crippen molar-refractivity contribution in [3.63, 3.8) is 0 Å². The maximum atomic E-state index is 12.8. The number of unbranched alkanes of at least 4 members (excludes halogenated alkanes) is 25. The number of esters is 3. The highest BCUT2D eigenvalue weighted by Gasteiger charge is 2.19. The summed E-state index contributed by atoms with van der Waals surface area (Å²) in [5.41, 5.74) is 0. The van der Waals surface area contributed by atoms with Crippen molar-refractivity contribution >= 4 is 17.9 Å². The molecule has 6 nitrogen and oxygen atoms in total. The molecule has 0 aromatic rings. The molecule has 0 spiro atoms. The van der Waals surface area contributed by atoms with Gasteiger partial charge in [-0.3, -0.25) is 14.4 Å². The van der Waals surface area contributed by atoms with Gasteiger partial charge in [0.2, 0.25) is 0 Å². The fourth-order valence-electron chi connectivity index (χ4n) is 7.68. The van der Waals surface area contributed by atoms with Crippen molar-refractivity contribution in [2.45, 2.75) is 271 Å². The molecule has 0 amide bonds.